The zero-order valence-corrected chi connectivity index (χ0v) is 23.2. The molecule has 2 aliphatic heterocycles. The van der Waals surface area contributed by atoms with Gasteiger partial charge in [-0.15, -0.1) is 11.3 Å². The van der Waals surface area contributed by atoms with Gasteiger partial charge in [0, 0.05) is 28.1 Å². The van der Waals surface area contributed by atoms with Gasteiger partial charge in [-0.3, -0.25) is 15.4 Å². The van der Waals surface area contributed by atoms with Crippen LogP contribution in [0.25, 0.3) is 10.1 Å². The molecule has 5 nitrogen and oxygen atoms in total. The predicted molar refractivity (Wildman–Crippen MR) is 151 cm³/mol. The third kappa shape index (κ3) is 4.98. The first kappa shape index (κ1) is 26.4. The largest absolute Gasteiger partial charge is 0.490 e. The van der Waals surface area contributed by atoms with Crippen molar-refractivity contribution in [2.45, 2.75) is 82.8 Å². The molecule has 6 rings (SSSR count). The van der Waals surface area contributed by atoms with Gasteiger partial charge in [-0.2, -0.15) is 13.2 Å². The van der Waals surface area contributed by atoms with E-state index in [4.69, 9.17) is 9.73 Å². The summed E-state index contributed by atoms with van der Waals surface area (Å²) in [4.78, 5) is 10.4. The van der Waals surface area contributed by atoms with Gasteiger partial charge in [0.05, 0.1) is 23.1 Å². The molecule has 0 unspecified atom stereocenters. The Morgan fingerprint density at radius 2 is 1.90 bits per heavy atom. The van der Waals surface area contributed by atoms with Gasteiger partial charge in [-0.1, -0.05) is 44.7 Å². The molecule has 2 fully saturated rings. The number of amidine groups is 2. The van der Waals surface area contributed by atoms with Gasteiger partial charge < -0.3 is 4.74 Å². The van der Waals surface area contributed by atoms with Crippen LogP contribution in [0.3, 0.4) is 0 Å². The van der Waals surface area contributed by atoms with Crippen LogP contribution >= 0.6 is 11.3 Å². The lowest BCUT2D eigenvalue weighted by atomic mass is 9.81. The van der Waals surface area contributed by atoms with E-state index in [1.54, 1.807) is 24.2 Å². The van der Waals surface area contributed by atoms with Crippen LogP contribution in [0.1, 0.15) is 81.1 Å². The van der Waals surface area contributed by atoms with Gasteiger partial charge >= 0.3 is 6.18 Å². The minimum absolute atomic E-state index is 0.179. The molecule has 1 aromatic carbocycles. The zero-order valence-electron chi connectivity index (χ0n) is 22.4. The smallest absolute Gasteiger partial charge is 0.417 e. The van der Waals surface area contributed by atoms with E-state index in [2.05, 4.69) is 17.0 Å². The number of fused-ring (bicyclic) bond motifs is 1. The van der Waals surface area contributed by atoms with Crippen LogP contribution in [0.5, 0.6) is 0 Å². The van der Waals surface area contributed by atoms with Crippen molar-refractivity contribution in [1.29, 1.82) is 0 Å². The van der Waals surface area contributed by atoms with Crippen molar-refractivity contribution in [2.24, 2.45) is 15.4 Å². The zero-order chi connectivity index (χ0) is 27.2. The third-order valence-corrected chi connectivity index (χ3v) is 9.90. The van der Waals surface area contributed by atoms with Crippen molar-refractivity contribution in [3.05, 3.63) is 58.3 Å². The Kier molecular flexibility index (Phi) is 6.98. The second-order valence-corrected chi connectivity index (χ2v) is 12.4. The monoisotopic (exact) mass is 556 g/mol. The molecule has 2 aromatic rings. The topological polar surface area (TPSA) is 49.2 Å². The summed E-state index contributed by atoms with van der Waals surface area (Å²) in [6.07, 6.45) is 8.05. The first-order chi connectivity index (χ1) is 18.8. The highest BCUT2D eigenvalue weighted by atomic mass is 32.1. The molecule has 1 spiro atoms. The van der Waals surface area contributed by atoms with Crippen LogP contribution in [0, 0.1) is 5.41 Å². The van der Waals surface area contributed by atoms with Crippen LogP contribution in [0.15, 0.2) is 57.9 Å². The van der Waals surface area contributed by atoms with Crippen molar-refractivity contribution in [3.63, 3.8) is 0 Å². The van der Waals surface area contributed by atoms with Crippen LogP contribution in [0.4, 0.5) is 13.2 Å². The summed E-state index contributed by atoms with van der Waals surface area (Å²) in [6, 6.07) is 6.13. The van der Waals surface area contributed by atoms with Gasteiger partial charge in [0.1, 0.15) is 11.5 Å². The number of rotatable bonds is 2. The molecule has 0 saturated heterocycles. The fraction of sp³-hybridized carbons (Fsp3) is 0.533. The summed E-state index contributed by atoms with van der Waals surface area (Å²) in [7, 11) is 1.66. The maximum absolute atomic E-state index is 13.7. The number of nitrogens with zero attached hydrogens (tertiary/aromatic N) is 3. The molecule has 2 saturated carbocycles. The number of hydrazine groups is 1. The molecule has 1 N–H and O–H groups in total. The summed E-state index contributed by atoms with van der Waals surface area (Å²) in [5.41, 5.74) is 4.74. The van der Waals surface area contributed by atoms with E-state index in [0.717, 1.165) is 48.9 Å². The number of ether oxygens (including phenoxy) is 1. The maximum Gasteiger partial charge on any atom is 0.417 e. The van der Waals surface area contributed by atoms with Crippen LogP contribution in [-0.4, -0.2) is 36.4 Å². The van der Waals surface area contributed by atoms with E-state index >= 15 is 0 Å². The van der Waals surface area contributed by atoms with Crippen molar-refractivity contribution >= 4 is 33.1 Å². The van der Waals surface area contributed by atoms with E-state index in [0.29, 0.717) is 27.7 Å². The summed E-state index contributed by atoms with van der Waals surface area (Å²) in [5, 5.41) is 1.95. The van der Waals surface area contributed by atoms with Crippen molar-refractivity contribution in [2.75, 3.05) is 13.7 Å². The number of alkyl halides is 3. The lowest BCUT2D eigenvalue weighted by Gasteiger charge is -2.36. The SMILES string of the molecule is C=C1C2=C(CCC3(CCCC3)CO2)C(=NC2CCCCC2)NN1C(=NC)c1cc2c(C(F)(F)F)cccc2s1. The van der Waals surface area contributed by atoms with Crippen molar-refractivity contribution < 1.29 is 17.9 Å². The van der Waals surface area contributed by atoms with Gasteiger partial charge in [0.25, 0.3) is 0 Å². The molecule has 39 heavy (non-hydrogen) atoms. The first-order valence-electron chi connectivity index (χ1n) is 14.1. The van der Waals surface area contributed by atoms with Crippen LogP contribution in [-0.2, 0) is 10.9 Å². The van der Waals surface area contributed by atoms with E-state index in [-0.39, 0.29) is 16.8 Å². The second kappa shape index (κ2) is 10.3. The molecule has 9 heteroatoms. The highest BCUT2D eigenvalue weighted by molar-refractivity contribution is 7.20. The van der Waals surface area contributed by atoms with Crippen LogP contribution < -0.4 is 5.43 Å². The summed E-state index contributed by atoms with van der Waals surface area (Å²) in [6.45, 7) is 5.05. The highest BCUT2D eigenvalue weighted by Crippen LogP contribution is 2.47. The molecule has 3 heterocycles. The number of benzene rings is 1. The third-order valence-electron chi connectivity index (χ3n) is 8.80. The van der Waals surface area contributed by atoms with Gasteiger partial charge in [0.15, 0.2) is 11.6 Å². The van der Waals surface area contributed by atoms with E-state index in [1.807, 2.05) is 0 Å². The van der Waals surface area contributed by atoms with E-state index < -0.39 is 11.7 Å². The minimum Gasteiger partial charge on any atom is -0.490 e. The number of aliphatic imine (C=N–C) groups is 2. The quantitative estimate of drug-likeness (QED) is 0.301. The molecule has 2 aliphatic carbocycles. The summed E-state index contributed by atoms with van der Waals surface area (Å²) < 4.78 is 48.4. The average Bonchev–Trinajstić information content (AvgIpc) is 3.51. The highest BCUT2D eigenvalue weighted by Gasteiger charge is 2.41. The molecule has 0 atom stereocenters. The number of hydrogen-bond acceptors (Lipinski definition) is 4. The average molecular weight is 557 g/mol. The molecule has 0 bridgehead atoms. The Morgan fingerprint density at radius 3 is 2.62 bits per heavy atom. The predicted octanol–water partition coefficient (Wildman–Crippen LogP) is 7.99. The molecule has 1 aromatic heterocycles. The molecule has 4 aliphatic rings. The lowest BCUT2D eigenvalue weighted by Crippen LogP contribution is -2.50. The number of thiophene rings is 1. The molecule has 0 amide bonds. The van der Waals surface area contributed by atoms with Gasteiger partial charge in [-0.25, -0.2) is 5.01 Å². The van der Waals surface area contributed by atoms with E-state index in [9.17, 15) is 13.2 Å². The van der Waals surface area contributed by atoms with Gasteiger partial charge in [0.2, 0.25) is 0 Å². The lowest BCUT2D eigenvalue weighted by molar-refractivity contribution is -0.136. The van der Waals surface area contributed by atoms with Crippen molar-refractivity contribution in [3.8, 4) is 0 Å². The van der Waals surface area contributed by atoms with E-state index in [1.165, 1.54) is 62.3 Å². The molecule has 0 radical (unpaired) electrons. The van der Waals surface area contributed by atoms with Gasteiger partial charge in [-0.05, 0) is 56.7 Å². The Hall–Kier alpha value is -2.81. The van der Waals surface area contributed by atoms with Crippen molar-refractivity contribution in [1.82, 2.24) is 10.4 Å². The Balaban J connectivity index is 1.39. The normalized spacial score (nSPS) is 23.8. The van der Waals surface area contributed by atoms with Crippen LogP contribution in [0.2, 0.25) is 0 Å². The molecular weight excluding hydrogens is 521 g/mol. The summed E-state index contributed by atoms with van der Waals surface area (Å²) in [5.74, 6) is 2.03. The number of halogens is 3. The second-order valence-electron chi connectivity index (χ2n) is 11.3. The number of hydrogen-bond donors (Lipinski definition) is 1. The Labute approximate surface area is 231 Å². The molecular formula is C30H35F3N4OS. The fourth-order valence-electron chi connectivity index (χ4n) is 6.65. The minimum atomic E-state index is -4.43. The molecule has 208 valence electrons. The fourth-order valence-corrected chi connectivity index (χ4v) is 7.77. The first-order valence-corrected chi connectivity index (χ1v) is 14.9. The number of nitrogens with one attached hydrogen (secondary N) is 1. The maximum atomic E-state index is 13.7. The standard InChI is InChI=1S/C30H35F3N4OS/c1-19-26-21(13-16-29(18-38-26)14-6-7-15-29)27(35-20-9-4-3-5-10-20)36-37(19)28(34-2)25-17-22-23(30(31,32)33)11-8-12-24(22)39-25/h8,11-12,17,20H,1,3-7,9-10,13-16,18H2,2H3,(H,35,36). The summed E-state index contributed by atoms with van der Waals surface area (Å²) >= 11 is 1.29. The Morgan fingerprint density at radius 1 is 1.13 bits per heavy atom. The Bertz CT molecular complexity index is 1360.